The summed E-state index contributed by atoms with van der Waals surface area (Å²) in [5, 5.41) is 0. The molecule has 0 aliphatic carbocycles. The van der Waals surface area contributed by atoms with Crippen LogP contribution in [0.5, 0.6) is 0 Å². The summed E-state index contributed by atoms with van der Waals surface area (Å²) < 4.78 is 7.78. The minimum atomic E-state index is -0.388. The Balaban J connectivity index is 1.72. The number of benzene rings is 2. The van der Waals surface area contributed by atoms with Gasteiger partial charge >= 0.3 is 0 Å². The molecular weight excluding hydrogens is 386 g/mol. The standard InChI is InChI=1S/C26H33N3O2/c1-26(2,3)24(30)19-29-22-12-8-7-11-21(22)27-25(29)23(28-15-17-31-18-16-28)14-13-20-9-5-4-6-10-20/h4-12,23H,13-19H2,1-3H3. The number of imidazole rings is 1. The molecule has 2 heterocycles. The van der Waals surface area contributed by atoms with Crippen LogP contribution in [0.4, 0.5) is 0 Å². The van der Waals surface area contributed by atoms with Crippen LogP contribution in [0.3, 0.4) is 0 Å². The summed E-state index contributed by atoms with van der Waals surface area (Å²) in [5.41, 5.74) is 2.93. The molecule has 1 aliphatic heterocycles. The second-order valence-corrected chi connectivity index (χ2v) is 9.41. The Hall–Kier alpha value is -2.50. The maximum atomic E-state index is 13.0. The van der Waals surface area contributed by atoms with Crippen molar-refractivity contribution in [2.75, 3.05) is 26.3 Å². The first-order valence-electron chi connectivity index (χ1n) is 11.3. The zero-order chi connectivity index (χ0) is 21.8. The molecular formula is C26H33N3O2. The van der Waals surface area contributed by atoms with E-state index in [4.69, 9.17) is 9.72 Å². The molecule has 0 radical (unpaired) electrons. The number of carbonyl (C=O) groups excluding carboxylic acids is 1. The molecule has 5 nitrogen and oxygen atoms in total. The number of aromatic nitrogens is 2. The molecule has 0 saturated carbocycles. The van der Waals surface area contributed by atoms with Gasteiger partial charge in [-0.3, -0.25) is 9.69 Å². The smallest absolute Gasteiger partial charge is 0.157 e. The van der Waals surface area contributed by atoms with Gasteiger partial charge in [0.15, 0.2) is 5.78 Å². The Morgan fingerprint density at radius 3 is 2.42 bits per heavy atom. The van der Waals surface area contributed by atoms with Crippen molar-refractivity contribution in [3.05, 3.63) is 66.0 Å². The molecule has 4 rings (SSSR count). The van der Waals surface area contributed by atoms with E-state index in [1.54, 1.807) is 0 Å². The molecule has 164 valence electrons. The van der Waals surface area contributed by atoms with Crippen molar-refractivity contribution in [2.24, 2.45) is 5.41 Å². The molecule has 5 heteroatoms. The lowest BCUT2D eigenvalue weighted by molar-refractivity contribution is -0.126. The van der Waals surface area contributed by atoms with Gasteiger partial charge in [-0.2, -0.15) is 0 Å². The summed E-state index contributed by atoms with van der Waals surface area (Å²) in [7, 11) is 0. The van der Waals surface area contributed by atoms with Crippen molar-refractivity contribution < 1.29 is 9.53 Å². The molecule has 1 saturated heterocycles. The zero-order valence-electron chi connectivity index (χ0n) is 18.9. The highest BCUT2D eigenvalue weighted by Crippen LogP contribution is 2.30. The third kappa shape index (κ3) is 5.05. The lowest BCUT2D eigenvalue weighted by Crippen LogP contribution is -2.40. The molecule has 0 amide bonds. The highest BCUT2D eigenvalue weighted by atomic mass is 16.5. The van der Waals surface area contributed by atoms with Crippen molar-refractivity contribution in [3.8, 4) is 0 Å². The predicted octanol–water partition coefficient (Wildman–Crippen LogP) is 4.66. The number of hydrogen-bond donors (Lipinski definition) is 0. The van der Waals surface area contributed by atoms with Crippen LogP contribution in [0.25, 0.3) is 11.0 Å². The van der Waals surface area contributed by atoms with E-state index >= 15 is 0 Å². The Bertz CT molecular complexity index is 1010. The van der Waals surface area contributed by atoms with Crippen LogP contribution < -0.4 is 0 Å². The average molecular weight is 420 g/mol. The largest absolute Gasteiger partial charge is 0.379 e. The summed E-state index contributed by atoms with van der Waals surface area (Å²) in [6.45, 7) is 9.57. The number of fused-ring (bicyclic) bond motifs is 1. The first-order chi connectivity index (χ1) is 14.9. The molecule has 0 spiro atoms. The molecule has 1 unspecified atom stereocenters. The van der Waals surface area contributed by atoms with Crippen molar-refractivity contribution in [1.29, 1.82) is 0 Å². The van der Waals surface area contributed by atoms with Crippen molar-refractivity contribution in [1.82, 2.24) is 14.5 Å². The minimum absolute atomic E-state index is 0.143. The SMILES string of the molecule is CC(C)(C)C(=O)Cn1c(C(CCc2ccccc2)N2CCOCC2)nc2ccccc21. The van der Waals surface area contributed by atoms with E-state index in [1.807, 2.05) is 39.0 Å². The van der Waals surface area contributed by atoms with Gasteiger partial charge in [0.1, 0.15) is 5.82 Å². The monoisotopic (exact) mass is 419 g/mol. The van der Waals surface area contributed by atoms with E-state index in [9.17, 15) is 4.79 Å². The number of aryl methyl sites for hydroxylation is 1. The fourth-order valence-corrected chi connectivity index (χ4v) is 4.21. The highest BCUT2D eigenvalue weighted by molar-refractivity contribution is 5.86. The molecule has 3 aromatic rings. The third-order valence-electron chi connectivity index (χ3n) is 6.16. The number of ketones is 1. The highest BCUT2D eigenvalue weighted by Gasteiger charge is 2.30. The number of carbonyl (C=O) groups is 1. The van der Waals surface area contributed by atoms with Crippen molar-refractivity contribution >= 4 is 16.8 Å². The fourth-order valence-electron chi connectivity index (χ4n) is 4.21. The molecule has 31 heavy (non-hydrogen) atoms. The van der Waals surface area contributed by atoms with Gasteiger partial charge in [-0.25, -0.2) is 4.98 Å². The summed E-state index contributed by atoms with van der Waals surface area (Å²) in [6, 6.07) is 18.9. The van der Waals surface area contributed by atoms with Crippen LogP contribution in [-0.4, -0.2) is 46.5 Å². The second-order valence-electron chi connectivity index (χ2n) is 9.41. The van der Waals surface area contributed by atoms with E-state index in [1.165, 1.54) is 5.56 Å². The second kappa shape index (κ2) is 9.33. The Kier molecular flexibility index (Phi) is 6.54. The lowest BCUT2D eigenvalue weighted by atomic mass is 9.90. The van der Waals surface area contributed by atoms with Crippen LogP contribution in [0.1, 0.15) is 44.6 Å². The summed E-state index contributed by atoms with van der Waals surface area (Å²) in [5.74, 6) is 1.22. The number of hydrogen-bond acceptors (Lipinski definition) is 4. The minimum Gasteiger partial charge on any atom is -0.379 e. The van der Waals surface area contributed by atoms with Crippen LogP contribution >= 0.6 is 0 Å². The van der Waals surface area contributed by atoms with Crippen LogP contribution in [0, 0.1) is 5.41 Å². The maximum Gasteiger partial charge on any atom is 0.157 e. The lowest BCUT2D eigenvalue weighted by Gasteiger charge is -2.34. The van der Waals surface area contributed by atoms with Gasteiger partial charge in [0, 0.05) is 18.5 Å². The molecule has 1 atom stereocenters. The Morgan fingerprint density at radius 2 is 1.71 bits per heavy atom. The van der Waals surface area contributed by atoms with Gasteiger partial charge in [-0.05, 0) is 30.5 Å². The molecule has 0 N–H and O–H groups in total. The number of morpholine rings is 1. The Labute approximate surface area is 185 Å². The van der Waals surface area contributed by atoms with Gasteiger partial charge in [0.2, 0.25) is 0 Å². The van der Waals surface area contributed by atoms with Gasteiger partial charge in [-0.15, -0.1) is 0 Å². The number of nitrogens with zero attached hydrogens (tertiary/aromatic N) is 3. The summed E-state index contributed by atoms with van der Waals surface area (Å²) in [6.07, 6.45) is 1.93. The Morgan fingerprint density at radius 1 is 1.03 bits per heavy atom. The van der Waals surface area contributed by atoms with E-state index in [0.29, 0.717) is 6.54 Å². The van der Waals surface area contributed by atoms with Crippen LogP contribution in [0.2, 0.25) is 0 Å². The van der Waals surface area contributed by atoms with E-state index in [0.717, 1.165) is 56.0 Å². The maximum absolute atomic E-state index is 13.0. The quantitative estimate of drug-likeness (QED) is 0.559. The van der Waals surface area contributed by atoms with Crippen molar-refractivity contribution in [2.45, 2.75) is 46.2 Å². The molecule has 2 aromatic carbocycles. The topological polar surface area (TPSA) is 47.4 Å². The number of ether oxygens (including phenoxy) is 1. The summed E-state index contributed by atoms with van der Waals surface area (Å²) in [4.78, 5) is 20.6. The van der Waals surface area contributed by atoms with Crippen LogP contribution in [0.15, 0.2) is 54.6 Å². The van der Waals surface area contributed by atoms with E-state index in [2.05, 4.69) is 45.9 Å². The first kappa shape index (κ1) is 21.7. The summed E-state index contributed by atoms with van der Waals surface area (Å²) >= 11 is 0. The molecule has 1 aromatic heterocycles. The normalized spacial score (nSPS) is 16.5. The number of para-hydroxylation sites is 2. The number of Topliss-reactive ketones (excluding diaryl/α,β-unsaturated/α-hetero) is 1. The van der Waals surface area contributed by atoms with Gasteiger partial charge < -0.3 is 9.30 Å². The van der Waals surface area contributed by atoms with Gasteiger partial charge in [0.05, 0.1) is 36.8 Å². The molecule has 0 bridgehead atoms. The average Bonchev–Trinajstić information content (AvgIpc) is 3.13. The van der Waals surface area contributed by atoms with Crippen molar-refractivity contribution in [3.63, 3.8) is 0 Å². The van der Waals surface area contributed by atoms with E-state index < -0.39 is 0 Å². The van der Waals surface area contributed by atoms with Gasteiger partial charge in [0.25, 0.3) is 0 Å². The molecule has 1 fully saturated rings. The predicted molar refractivity (Wildman–Crippen MR) is 124 cm³/mol. The van der Waals surface area contributed by atoms with E-state index in [-0.39, 0.29) is 17.2 Å². The van der Waals surface area contributed by atoms with Crippen LogP contribution in [-0.2, 0) is 22.5 Å². The van der Waals surface area contributed by atoms with Gasteiger partial charge in [-0.1, -0.05) is 63.2 Å². The molecule has 1 aliphatic rings. The number of rotatable bonds is 7. The third-order valence-corrected chi connectivity index (χ3v) is 6.16. The first-order valence-corrected chi connectivity index (χ1v) is 11.3. The zero-order valence-corrected chi connectivity index (χ0v) is 18.9. The fraction of sp³-hybridized carbons (Fsp3) is 0.462.